The first kappa shape index (κ1) is 16.1. The molecule has 1 amide bonds. The number of hydrogen-bond donors (Lipinski definition) is 2. The number of ether oxygens (including phenoxy) is 1. The second-order valence-electron chi connectivity index (χ2n) is 3.92. The van der Waals surface area contributed by atoms with Crippen LogP contribution in [0, 0.1) is 0 Å². The van der Waals surface area contributed by atoms with Crippen molar-refractivity contribution in [2.45, 2.75) is 12.5 Å². The van der Waals surface area contributed by atoms with Gasteiger partial charge in [-0.3, -0.25) is 14.3 Å². The highest BCUT2D eigenvalue weighted by atomic mass is 32.2. The number of esters is 1. The van der Waals surface area contributed by atoms with Crippen molar-refractivity contribution < 1.29 is 27.3 Å². The zero-order valence-electron chi connectivity index (χ0n) is 10.6. The fraction of sp³-hybridized carbons (Fsp3) is 0.364. The first-order valence-electron chi connectivity index (χ1n) is 5.53. The maximum Gasteiger partial charge on any atom is 0.329 e. The van der Waals surface area contributed by atoms with E-state index in [1.165, 1.54) is 12.4 Å². The number of nitrogens with one attached hydrogen (secondary N) is 1. The lowest BCUT2D eigenvalue weighted by Gasteiger charge is -2.14. The number of hydrogen-bond acceptors (Lipinski definition) is 6. The Bertz CT molecular complexity index is 572. The van der Waals surface area contributed by atoms with E-state index in [0.29, 0.717) is 5.56 Å². The number of rotatable bonds is 6. The van der Waals surface area contributed by atoms with Crippen molar-refractivity contribution in [2.24, 2.45) is 0 Å². The monoisotopic (exact) mass is 302 g/mol. The number of nitrogens with zero attached hydrogens (tertiary/aromatic N) is 1. The van der Waals surface area contributed by atoms with Crippen LogP contribution in [-0.4, -0.2) is 48.7 Å². The molecule has 0 spiro atoms. The predicted octanol–water partition coefficient (Wildman–Crippen LogP) is -0.830. The van der Waals surface area contributed by atoms with Crippen molar-refractivity contribution in [3.8, 4) is 0 Å². The molecule has 20 heavy (non-hydrogen) atoms. The van der Waals surface area contributed by atoms with E-state index < -0.39 is 33.8 Å². The van der Waals surface area contributed by atoms with Crippen molar-refractivity contribution in [1.82, 2.24) is 10.3 Å². The van der Waals surface area contributed by atoms with Crippen molar-refractivity contribution >= 4 is 22.0 Å². The summed E-state index contributed by atoms with van der Waals surface area (Å²) in [6.45, 7) is 0. The minimum Gasteiger partial charge on any atom is -0.467 e. The lowest BCUT2D eigenvalue weighted by atomic mass is 10.2. The third-order valence-corrected chi connectivity index (χ3v) is 3.07. The zero-order chi connectivity index (χ0) is 15.2. The summed E-state index contributed by atoms with van der Waals surface area (Å²) in [7, 11) is -3.37. The van der Waals surface area contributed by atoms with E-state index in [4.69, 9.17) is 4.55 Å². The summed E-state index contributed by atoms with van der Waals surface area (Å²) in [5, 5.41) is 2.20. The molecular weight excluding hydrogens is 288 g/mol. The summed E-state index contributed by atoms with van der Waals surface area (Å²) in [6, 6.07) is 1.76. The molecule has 0 aliphatic heterocycles. The zero-order valence-corrected chi connectivity index (χ0v) is 11.5. The molecule has 0 unspecified atom stereocenters. The van der Waals surface area contributed by atoms with E-state index in [1.54, 1.807) is 12.1 Å². The molecule has 0 fully saturated rings. The Kier molecular flexibility index (Phi) is 5.59. The summed E-state index contributed by atoms with van der Waals surface area (Å²) >= 11 is 0. The molecule has 0 aliphatic rings. The molecule has 1 aromatic rings. The Morgan fingerprint density at radius 2 is 2.00 bits per heavy atom. The highest BCUT2D eigenvalue weighted by molar-refractivity contribution is 7.85. The molecule has 0 bridgehead atoms. The van der Waals surface area contributed by atoms with E-state index in [0.717, 1.165) is 7.11 Å². The van der Waals surface area contributed by atoms with Gasteiger partial charge >= 0.3 is 5.97 Å². The van der Waals surface area contributed by atoms with Crippen LogP contribution in [0.4, 0.5) is 0 Å². The van der Waals surface area contributed by atoms with E-state index in [-0.39, 0.29) is 6.42 Å². The lowest BCUT2D eigenvalue weighted by Crippen LogP contribution is -2.46. The predicted molar refractivity (Wildman–Crippen MR) is 68.3 cm³/mol. The number of carbonyl (C=O) groups excluding carboxylic acids is 2. The highest BCUT2D eigenvalue weighted by Crippen LogP contribution is 2.00. The second-order valence-corrected chi connectivity index (χ2v) is 5.42. The number of aromatic nitrogens is 1. The van der Waals surface area contributed by atoms with Crippen LogP contribution >= 0.6 is 0 Å². The molecular formula is C11H14N2O6S. The van der Waals surface area contributed by atoms with Crippen LogP contribution in [0.1, 0.15) is 5.56 Å². The summed E-state index contributed by atoms with van der Waals surface area (Å²) in [5.41, 5.74) is 0.646. The van der Waals surface area contributed by atoms with Gasteiger partial charge in [0.2, 0.25) is 5.91 Å². The largest absolute Gasteiger partial charge is 0.467 e. The Labute approximate surface area is 115 Å². The molecule has 110 valence electrons. The molecule has 9 heteroatoms. The summed E-state index contributed by atoms with van der Waals surface area (Å²) in [4.78, 5) is 26.9. The second kappa shape index (κ2) is 6.96. The van der Waals surface area contributed by atoms with Gasteiger partial charge in [-0.05, 0) is 17.7 Å². The lowest BCUT2D eigenvalue weighted by molar-refractivity contribution is -0.144. The van der Waals surface area contributed by atoms with Crippen molar-refractivity contribution in [2.75, 3.05) is 12.9 Å². The minimum atomic E-state index is -4.42. The van der Waals surface area contributed by atoms with Gasteiger partial charge in [0.15, 0.2) is 0 Å². The Balaban J connectivity index is 2.70. The standard InChI is InChI=1S/C11H14N2O6S/c1-19-11(15)9(7-20(16,17)18)13-10(14)6-8-2-4-12-5-3-8/h2-5,9H,6-7H2,1H3,(H,13,14)(H,16,17,18)/t9-/m0/s1. The van der Waals surface area contributed by atoms with Gasteiger partial charge < -0.3 is 10.1 Å². The fourth-order valence-corrected chi connectivity index (χ4v) is 2.09. The summed E-state index contributed by atoms with van der Waals surface area (Å²) in [5.74, 6) is -2.47. The third-order valence-electron chi connectivity index (χ3n) is 2.31. The number of methoxy groups -OCH3 is 1. The van der Waals surface area contributed by atoms with Gasteiger partial charge in [-0.15, -0.1) is 0 Å². The molecule has 0 aromatic carbocycles. The number of amides is 1. The van der Waals surface area contributed by atoms with Crippen LogP contribution in [0.5, 0.6) is 0 Å². The first-order valence-corrected chi connectivity index (χ1v) is 7.14. The van der Waals surface area contributed by atoms with Gasteiger partial charge in [-0.25, -0.2) is 4.79 Å². The van der Waals surface area contributed by atoms with Crippen molar-refractivity contribution in [3.63, 3.8) is 0 Å². The average molecular weight is 302 g/mol. The molecule has 0 aliphatic carbocycles. The van der Waals surface area contributed by atoms with Gasteiger partial charge in [0.25, 0.3) is 10.1 Å². The van der Waals surface area contributed by atoms with Gasteiger partial charge in [-0.2, -0.15) is 8.42 Å². The Morgan fingerprint density at radius 3 is 2.50 bits per heavy atom. The molecule has 1 atom stereocenters. The van der Waals surface area contributed by atoms with Crippen LogP contribution in [0.3, 0.4) is 0 Å². The summed E-state index contributed by atoms with van der Waals surface area (Å²) in [6.07, 6.45) is 2.94. The van der Waals surface area contributed by atoms with Gasteiger partial charge in [0.05, 0.1) is 13.5 Å². The van der Waals surface area contributed by atoms with Crippen molar-refractivity contribution in [3.05, 3.63) is 30.1 Å². The van der Waals surface area contributed by atoms with Gasteiger partial charge in [0, 0.05) is 12.4 Å². The van der Waals surface area contributed by atoms with E-state index in [2.05, 4.69) is 15.0 Å². The number of pyridine rings is 1. The van der Waals surface area contributed by atoms with E-state index >= 15 is 0 Å². The van der Waals surface area contributed by atoms with Crippen LogP contribution in [0.2, 0.25) is 0 Å². The van der Waals surface area contributed by atoms with Crippen LogP contribution in [0.15, 0.2) is 24.5 Å². The maximum absolute atomic E-state index is 11.7. The smallest absolute Gasteiger partial charge is 0.329 e. The SMILES string of the molecule is COC(=O)[C@H](CS(=O)(=O)O)NC(=O)Cc1ccncc1. The van der Waals surface area contributed by atoms with E-state index in [1.807, 2.05) is 0 Å². The van der Waals surface area contributed by atoms with Gasteiger partial charge in [-0.1, -0.05) is 0 Å². The topological polar surface area (TPSA) is 123 Å². The first-order chi connectivity index (χ1) is 9.31. The normalized spacial score (nSPS) is 12.5. The molecule has 8 nitrogen and oxygen atoms in total. The average Bonchev–Trinajstić information content (AvgIpc) is 2.36. The molecule has 1 rings (SSSR count). The van der Waals surface area contributed by atoms with Crippen LogP contribution in [-0.2, 0) is 30.9 Å². The molecule has 0 saturated heterocycles. The molecule has 0 radical (unpaired) electrons. The van der Waals surface area contributed by atoms with Crippen molar-refractivity contribution in [1.29, 1.82) is 0 Å². The highest BCUT2D eigenvalue weighted by Gasteiger charge is 2.26. The fourth-order valence-electron chi connectivity index (χ4n) is 1.45. The van der Waals surface area contributed by atoms with Crippen LogP contribution < -0.4 is 5.32 Å². The Hall–Kier alpha value is -2.00. The maximum atomic E-state index is 11.7. The molecule has 1 aromatic heterocycles. The van der Waals surface area contributed by atoms with Crippen LogP contribution in [0.25, 0.3) is 0 Å². The molecule has 0 saturated carbocycles. The molecule has 1 heterocycles. The Morgan fingerprint density at radius 1 is 1.40 bits per heavy atom. The molecule has 2 N–H and O–H groups in total. The van der Waals surface area contributed by atoms with Gasteiger partial charge in [0.1, 0.15) is 11.8 Å². The number of carbonyl (C=O) groups is 2. The summed E-state index contributed by atoms with van der Waals surface area (Å²) < 4.78 is 34.7. The third kappa shape index (κ3) is 5.76. The minimum absolute atomic E-state index is 0.0541. The van der Waals surface area contributed by atoms with E-state index in [9.17, 15) is 18.0 Å². The quantitative estimate of drug-likeness (QED) is 0.519.